The van der Waals surface area contributed by atoms with Gasteiger partial charge in [0.05, 0.1) is 5.41 Å². The maximum absolute atomic E-state index is 13.0. The van der Waals surface area contributed by atoms with Crippen molar-refractivity contribution in [3.8, 4) is 0 Å². The van der Waals surface area contributed by atoms with Gasteiger partial charge in [0.25, 0.3) is 0 Å². The summed E-state index contributed by atoms with van der Waals surface area (Å²) in [6.45, 7) is 2.29. The van der Waals surface area contributed by atoms with Crippen molar-refractivity contribution in [3.05, 3.63) is 29.8 Å². The maximum atomic E-state index is 13.0. The Kier molecular flexibility index (Phi) is 7.00. The Morgan fingerprint density at radius 3 is 2.71 bits per heavy atom. The van der Waals surface area contributed by atoms with Gasteiger partial charge in [-0.2, -0.15) is 0 Å². The first-order valence-electron chi connectivity index (χ1n) is 10.6. The van der Waals surface area contributed by atoms with Crippen LogP contribution in [-0.2, 0) is 16.1 Å². The third kappa shape index (κ3) is 4.36. The Morgan fingerprint density at radius 1 is 1.11 bits per heavy atom. The second kappa shape index (κ2) is 9.27. The molecule has 5 nitrogen and oxygen atoms in total. The zero-order valence-electron chi connectivity index (χ0n) is 16.5. The molecule has 2 amide bonds. The second-order valence-corrected chi connectivity index (χ2v) is 8.58. The van der Waals surface area contributed by atoms with Gasteiger partial charge in [0, 0.05) is 24.7 Å². The van der Waals surface area contributed by atoms with Crippen molar-refractivity contribution < 1.29 is 9.59 Å². The van der Waals surface area contributed by atoms with Crippen LogP contribution >= 0.6 is 12.4 Å². The van der Waals surface area contributed by atoms with E-state index in [9.17, 15) is 9.59 Å². The van der Waals surface area contributed by atoms with Gasteiger partial charge < -0.3 is 16.0 Å². The number of nitrogens with one attached hydrogen (secondary N) is 3. The summed E-state index contributed by atoms with van der Waals surface area (Å²) in [5.74, 6) is 0.959. The summed E-state index contributed by atoms with van der Waals surface area (Å²) in [5.41, 5.74) is 1.64. The number of rotatable bonds is 5. The minimum absolute atomic E-state index is 0. The number of halogens is 1. The average Bonchev–Trinajstić information content (AvgIpc) is 3.36. The van der Waals surface area contributed by atoms with Crippen LogP contribution in [0.15, 0.2) is 24.3 Å². The number of carbonyl (C=O) groups is 2. The summed E-state index contributed by atoms with van der Waals surface area (Å²) in [7, 11) is 0. The lowest BCUT2D eigenvalue weighted by atomic mass is 9.67. The highest BCUT2D eigenvalue weighted by molar-refractivity contribution is 5.92. The summed E-state index contributed by atoms with van der Waals surface area (Å²) in [6.07, 6.45) is 8.84. The van der Waals surface area contributed by atoms with Crippen LogP contribution in [0.2, 0.25) is 0 Å². The molecule has 1 aliphatic heterocycles. The van der Waals surface area contributed by atoms with Gasteiger partial charge in [0.2, 0.25) is 11.8 Å². The third-order valence-electron chi connectivity index (χ3n) is 6.86. The SMILES string of the molecule is Cl.O=C(Nc1cccc(CNC(=O)[C@@]23CCCC[C@H]2CNC3)c1)C1CCCC1. The van der Waals surface area contributed by atoms with E-state index in [-0.39, 0.29) is 35.6 Å². The fourth-order valence-electron chi connectivity index (χ4n) is 5.24. The van der Waals surface area contributed by atoms with Crippen LogP contribution in [-0.4, -0.2) is 24.9 Å². The van der Waals surface area contributed by atoms with E-state index in [1.54, 1.807) is 0 Å². The van der Waals surface area contributed by atoms with Crippen molar-refractivity contribution >= 4 is 29.9 Å². The van der Waals surface area contributed by atoms with Gasteiger partial charge >= 0.3 is 0 Å². The van der Waals surface area contributed by atoms with Crippen LogP contribution in [0.5, 0.6) is 0 Å². The monoisotopic (exact) mass is 405 g/mol. The summed E-state index contributed by atoms with van der Waals surface area (Å²) in [6, 6.07) is 7.87. The molecule has 0 bridgehead atoms. The van der Waals surface area contributed by atoms with Gasteiger partial charge in [-0.25, -0.2) is 0 Å². The molecule has 4 rings (SSSR count). The molecular formula is C22H32ClN3O2. The van der Waals surface area contributed by atoms with Gasteiger partial charge in [-0.15, -0.1) is 12.4 Å². The summed E-state index contributed by atoms with van der Waals surface area (Å²) >= 11 is 0. The molecule has 1 saturated heterocycles. The first-order chi connectivity index (χ1) is 13.2. The topological polar surface area (TPSA) is 70.2 Å². The number of hydrogen-bond acceptors (Lipinski definition) is 3. The van der Waals surface area contributed by atoms with E-state index in [1.165, 1.54) is 6.42 Å². The van der Waals surface area contributed by atoms with Gasteiger partial charge in [0.1, 0.15) is 0 Å². The molecule has 3 aliphatic rings. The lowest BCUT2D eigenvalue weighted by molar-refractivity contribution is -0.134. The second-order valence-electron chi connectivity index (χ2n) is 8.58. The number of amides is 2. The molecule has 154 valence electrons. The Hall–Kier alpha value is -1.59. The van der Waals surface area contributed by atoms with Gasteiger partial charge in [-0.1, -0.05) is 37.8 Å². The fourth-order valence-corrected chi connectivity index (χ4v) is 5.24. The highest BCUT2D eigenvalue weighted by Crippen LogP contribution is 2.43. The van der Waals surface area contributed by atoms with E-state index >= 15 is 0 Å². The first-order valence-corrected chi connectivity index (χ1v) is 10.6. The molecule has 1 aromatic carbocycles. The lowest BCUT2D eigenvalue weighted by Gasteiger charge is -2.37. The Bertz CT molecular complexity index is 705. The zero-order valence-corrected chi connectivity index (χ0v) is 17.3. The van der Waals surface area contributed by atoms with E-state index in [4.69, 9.17) is 0 Å². The largest absolute Gasteiger partial charge is 0.351 e. The lowest BCUT2D eigenvalue weighted by Crippen LogP contribution is -2.47. The van der Waals surface area contributed by atoms with E-state index in [0.717, 1.165) is 69.3 Å². The van der Waals surface area contributed by atoms with Crippen LogP contribution in [0.4, 0.5) is 5.69 Å². The van der Waals surface area contributed by atoms with Crippen LogP contribution in [0.3, 0.4) is 0 Å². The van der Waals surface area contributed by atoms with Crippen LogP contribution in [0, 0.1) is 17.3 Å². The molecular weight excluding hydrogens is 374 g/mol. The Morgan fingerprint density at radius 2 is 1.89 bits per heavy atom. The minimum Gasteiger partial charge on any atom is -0.351 e. The van der Waals surface area contributed by atoms with Crippen molar-refractivity contribution in [2.24, 2.45) is 17.3 Å². The molecule has 0 radical (unpaired) electrons. The predicted octanol–water partition coefficient (Wildman–Crippen LogP) is 3.63. The van der Waals surface area contributed by atoms with E-state index in [0.29, 0.717) is 12.5 Å². The number of anilines is 1. The molecule has 2 saturated carbocycles. The molecule has 0 aromatic heterocycles. The average molecular weight is 406 g/mol. The zero-order chi connectivity index (χ0) is 18.7. The third-order valence-corrected chi connectivity index (χ3v) is 6.86. The predicted molar refractivity (Wildman–Crippen MR) is 113 cm³/mol. The number of benzene rings is 1. The van der Waals surface area contributed by atoms with Gasteiger partial charge in [-0.05, 0) is 55.8 Å². The fraction of sp³-hybridized carbons (Fsp3) is 0.636. The van der Waals surface area contributed by atoms with Crippen molar-refractivity contribution in [2.75, 3.05) is 18.4 Å². The minimum atomic E-state index is -0.216. The maximum Gasteiger partial charge on any atom is 0.228 e. The molecule has 2 aliphatic carbocycles. The molecule has 6 heteroatoms. The van der Waals surface area contributed by atoms with E-state index in [2.05, 4.69) is 16.0 Å². The Labute approximate surface area is 173 Å². The molecule has 3 fully saturated rings. The number of fused-ring (bicyclic) bond motifs is 1. The van der Waals surface area contributed by atoms with Crippen molar-refractivity contribution in [1.82, 2.24) is 10.6 Å². The van der Waals surface area contributed by atoms with Crippen LogP contribution in [0.1, 0.15) is 56.9 Å². The highest BCUT2D eigenvalue weighted by atomic mass is 35.5. The summed E-state index contributed by atoms with van der Waals surface area (Å²) in [4.78, 5) is 25.3. The molecule has 0 spiro atoms. The Balaban J connectivity index is 0.00000225. The molecule has 1 aromatic rings. The van der Waals surface area contributed by atoms with Gasteiger partial charge in [-0.3, -0.25) is 9.59 Å². The highest BCUT2D eigenvalue weighted by Gasteiger charge is 2.49. The molecule has 28 heavy (non-hydrogen) atoms. The molecule has 0 unspecified atom stereocenters. The standard InChI is InChI=1S/C22H31N3O2.ClH/c26-20(17-7-1-2-8-17)25-19-10-5-6-16(12-19)13-24-21(27)22-11-4-3-9-18(22)14-23-15-22;/h5-6,10,12,17-18,23H,1-4,7-9,11,13-15H2,(H,24,27)(H,25,26);1H/t18-,22+;/m0./s1. The smallest absolute Gasteiger partial charge is 0.228 e. The van der Waals surface area contributed by atoms with E-state index < -0.39 is 0 Å². The van der Waals surface area contributed by atoms with Gasteiger partial charge in [0.15, 0.2) is 0 Å². The first kappa shape index (κ1) is 21.1. The van der Waals surface area contributed by atoms with Crippen molar-refractivity contribution in [2.45, 2.75) is 57.9 Å². The number of carbonyl (C=O) groups excluding carboxylic acids is 2. The van der Waals surface area contributed by atoms with Crippen molar-refractivity contribution in [3.63, 3.8) is 0 Å². The molecule has 1 heterocycles. The van der Waals surface area contributed by atoms with Crippen molar-refractivity contribution in [1.29, 1.82) is 0 Å². The van der Waals surface area contributed by atoms with Crippen LogP contribution < -0.4 is 16.0 Å². The summed E-state index contributed by atoms with van der Waals surface area (Å²) < 4.78 is 0. The quantitative estimate of drug-likeness (QED) is 0.700. The number of hydrogen-bond donors (Lipinski definition) is 3. The van der Waals surface area contributed by atoms with Crippen LogP contribution in [0.25, 0.3) is 0 Å². The molecule has 2 atom stereocenters. The summed E-state index contributed by atoms with van der Waals surface area (Å²) in [5, 5.41) is 9.66. The molecule has 3 N–H and O–H groups in total. The normalized spacial score (nSPS) is 26.9. The van der Waals surface area contributed by atoms with E-state index in [1.807, 2.05) is 24.3 Å².